The summed E-state index contributed by atoms with van der Waals surface area (Å²) in [6, 6.07) is 0. The van der Waals surface area contributed by atoms with Crippen molar-refractivity contribution in [1.29, 1.82) is 0 Å². The fraction of sp³-hybridized carbons (Fsp3) is 0.364. The van der Waals surface area contributed by atoms with Crippen molar-refractivity contribution < 1.29 is 4.79 Å². The van der Waals surface area contributed by atoms with Crippen molar-refractivity contribution in [3.05, 3.63) is 34.9 Å². The maximum atomic E-state index is 11.9. The van der Waals surface area contributed by atoms with E-state index in [4.69, 9.17) is 11.6 Å². The van der Waals surface area contributed by atoms with E-state index < -0.39 is 0 Å². The minimum atomic E-state index is -0.126. The minimum Gasteiger partial charge on any atom is -0.350 e. The molecule has 2 rings (SSSR count). The van der Waals surface area contributed by atoms with Crippen LogP contribution in [0.2, 0.25) is 5.02 Å². The van der Waals surface area contributed by atoms with E-state index in [0.29, 0.717) is 23.7 Å². The van der Waals surface area contributed by atoms with Gasteiger partial charge in [0.25, 0.3) is 5.91 Å². The van der Waals surface area contributed by atoms with Crippen LogP contribution in [0, 0.1) is 6.92 Å². The highest BCUT2D eigenvalue weighted by molar-refractivity contribution is 6.30. The Labute approximate surface area is 110 Å². The summed E-state index contributed by atoms with van der Waals surface area (Å²) in [7, 11) is 1.80. The molecule has 0 atom stereocenters. The van der Waals surface area contributed by atoms with E-state index in [2.05, 4.69) is 15.5 Å². The SMILES string of the molecule is Cc1c(C(=O)NCCn2cc(Cl)cn2)cnn1C. The van der Waals surface area contributed by atoms with E-state index in [1.54, 1.807) is 35.0 Å². The van der Waals surface area contributed by atoms with Crippen LogP contribution in [0.5, 0.6) is 0 Å². The lowest BCUT2D eigenvalue weighted by Gasteiger charge is -2.05. The number of aryl methyl sites for hydroxylation is 1. The van der Waals surface area contributed by atoms with Crippen molar-refractivity contribution in [2.24, 2.45) is 7.05 Å². The molecule has 2 aromatic heterocycles. The van der Waals surface area contributed by atoms with E-state index in [9.17, 15) is 4.79 Å². The van der Waals surface area contributed by atoms with Gasteiger partial charge in [0.15, 0.2) is 0 Å². The minimum absolute atomic E-state index is 0.126. The van der Waals surface area contributed by atoms with Crippen molar-refractivity contribution in [2.45, 2.75) is 13.5 Å². The fourth-order valence-corrected chi connectivity index (χ4v) is 1.72. The molecule has 0 fully saturated rings. The van der Waals surface area contributed by atoms with Crippen LogP contribution in [0.4, 0.5) is 0 Å². The molecule has 96 valence electrons. The third-order valence-electron chi connectivity index (χ3n) is 2.71. The van der Waals surface area contributed by atoms with Crippen LogP contribution in [0.1, 0.15) is 16.1 Å². The number of hydrogen-bond acceptors (Lipinski definition) is 3. The van der Waals surface area contributed by atoms with Crippen molar-refractivity contribution in [2.75, 3.05) is 6.54 Å². The molecule has 0 radical (unpaired) electrons. The Morgan fingerprint density at radius 1 is 1.44 bits per heavy atom. The Balaban J connectivity index is 1.87. The summed E-state index contributed by atoms with van der Waals surface area (Å²) < 4.78 is 3.35. The molecule has 1 N–H and O–H groups in total. The van der Waals surface area contributed by atoms with Gasteiger partial charge in [0.05, 0.1) is 29.5 Å². The van der Waals surface area contributed by atoms with Gasteiger partial charge in [0.2, 0.25) is 0 Å². The van der Waals surface area contributed by atoms with Crippen molar-refractivity contribution in [1.82, 2.24) is 24.9 Å². The predicted molar refractivity (Wildman–Crippen MR) is 67.5 cm³/mol. The van der Waals surface area contributed by atoms with Crippen molar-refractivity contribution >= 4 is 17.5 Å². The molecular weight excluding hydrogens is 254 g/mol. The number of nitrogens with zero attached hydrogens (tertiary/aromatic N) is 4. The summed E-state index contributed by atoms with van der Waals surface area (Å²) in [5, 5.41) is 11.5. The Hall–Kier alpha value is -1.82. The molecule has 0 bridgehead atoms. The van der Waals surface area contributed by atoms with Crippen LogP contribution in [0.3, 0.4) is 0 Å². The van der Waals surface area contributed by atoms with Gasteiger partial charge in [-0.05, 0) is 6.92 Å². The zero-order valence-corrected chi connectivity index (χ0v) is 11.0. The monoisotopic (exact) mass is 267 g/mol. The van der Waals surface area contributed by atoms with Gasteiger partial charge < -0.3 is 5.32 Å². The molecule has 0 aliphatic heterocycles. The first-order valence-electron chi connectivity index (χ1n) is 5.52. The van der Waals surface area contributed by atoms with Gasteiger partial charge in [0, 0.05) is 25.5 Å². The highest BCUT2D eigenvalue weighted by Gasteiger charge is 2.11. The average Bonchev–Trinajstić information content (AvgIpc) is 2.87. The Kier molecular flexibility index (Phi) is 3.66. The first kappa shape index (κ1) is 12.6. The van der Waals surface area contributed by atoms with Crippen LogP contribution in [0.25, 0.3) is 0 Å². The van der Waals surface area contributed by atoms with Gasteiger partial charge in [-0.15, -0.1) is 0 Å². The molecule has 0 aliphatic carbocycles. The standard InChI is InChI=1S/C11H14ClN5O/c1-8-10(6-14-16(8)2)11(18)13-3-4-17-7-9(12)5-15-17/h5-7H,3-4H2,1-2H3,(H,13,18). The second-order valence-corrected chi connectivity index (χ2v) is 4.38. The van der Waals surface area contributed by atoms with Crippen LogP contribution >= 0.6 is 11.6 Å². The molecule has 0 spiro atoms. The number of hydrogen-bond donors (Lipinski definition) is 1. The van der Waals surface area contributed by atoms with E-state index in [1.807, 2.05) is 6.92 Å². The zero-order valence-electron chi connectivity index (χ0n) is 10.2. The smallest absolute Gasteiger partial charge is 0.254 e. The quantitative estimate of drug-likeness (QED) is 0.899. The summed E-state index contributed by atoms with van der Waals surface area (Å²) in [6.45, 7) is 2.93. The predicted octanol–water partition coefficient (Wildman–Crippen LogP) is 1.01. The molecule has 6 nitrogen and oxygen atoms in total. The number of halogens is 1. The van der Waals surface area contributed by atoms with Crippen LogP contribution in [0.15, 0.2) is 18.6 Å². The zero-order chi connectivity index (χ0) is 13.1. The molecule has 0 saturated heterocycles. The summed E-state index contributed by atoms with van der Waals surface area (Å²) in [5.41, 5.74) is 1.44. The molecule has 2 aromatic rings. The van der Waals surface area contributed by atoms with Gasteiger partial charge in [0.1, 0.15) is 0 Å². The molecule has 0 saturated carbocycles. The maximum absolute atomic E-state index is 11.9. The molecule has 0 aliphatic rings. The van der Waals surface area contributed by atoms with Gasteiger partial charge in [-0.1, -0.05) is 11.6 Å². The number of carbonyl (C=O) groups excluding carboxylic acids is 1. The van der Waals surface area contributed by atoms with Gasteiger partial charge in [-0.25, -0.2) is 0 Å². The third kappa shape index (κ3) is 2.70. The lowest BCUT2D eigenvalue weighted by atomic mass is 10.2. The summed E-state index contributed by atoms with van der Waals surface area (Å²) in [6.07, 6.45) is 4.84. The first-order chi connectivity index (χ1) is 8.58. The normalized spacial score (nSPS) is 10.6. The van der Waals surface area contributed by atoms with Crippen LogP contribution in [-0.2, 0) is 13.6 Å². The summed E-state index contributed by atoms with van der Waals surface area (Å²) >= 11 is 5.74. The molecular formula is C11H14ClN5O. The molecule has 0 aromatic carbocycles. The molecule has 1 amide bonds. The topological polar surface area (TPSA) is 64.7 Å². The Morgan fingerprint density at radius 2 is 2.22 bits per heavy atom. The lowest BCUT2D eigenvalue weighted by Crippen LogP contribution is -2.27. The highest BCUT2D eigenvalue weighted by atomic mass is 35.5. The van der Waals surface area contributed by atoms with Gasteiger partial charge >= 0.3 is 0 Å². The van der Waals surface area contributed by atoms with E-state index in [1.165, 1.54) is 0 Å². The number of carbonyl (C=O) groups is 1. The van der Waals surface area contributed by atoms with E-state index in [-0.39, 0.29) is 5.91 Å². The van der Waals surface area contributed by atoms with Gasteiger partial charge in [-0.3, -0.25) is 14.2 Å². The number of aromatic nitrogens is 4. The second-order valence-electron chi connectivity index (χ2n) is 3.94. The lowest BCUT2D eigenvalue weighted by molar-refractivity contribution is 0.0951. The third-order valence-corrected chi connectivity index (χ3v) is 2.90. The molecule has 0 unspecified atom stereocenters. The number of rotatable bonds is 4. The molecule has 18 heavy (non-hydrogen) atoms. The van der Waals surface area contributed by atoms with E-state index >= 15 is 0 Å². The molecule has 2 heterocycles. The van der Waals surface area contributed by atoms with Crippen molar-refractivity contribution in [3.8, 4) is 0 Å². The second kappa shape index (κ2) is 5.22. The molecule has 7 heteroatoms. The fourth-order valence-electron chi connectivity index (χ4n) is 1.56. The van der Waals surface area contributed by atoms with Crippen LogP contribution < -0.4 is 5.32 Å². The van der Waals surface area contributed by atoms with Crippen LogP contribution in [-0.4, -0.2) is 32.0 Å². The maximum Gasteiger partial charge on any atom is 0.254 e. The van der Waals surface area contributed by atoms with E-state index in [0.717, 1.165) is 5.69 Å². The summed E-state index contributed by atoms with van der Waals surface area (Å²) in [5.74, 6) is -0.126. The van der Waals surface area contributed by atoms with Gasteiger partial charge in [-0.2, -0.15) is 10.2 Å². The first-order valence-corrected chi connectivity index (χ1v) is 5.90. The highest BCUT2D eigenvalue weighted by Crippen LogP contribution is 2.05. The average molecular weight is 268 g/mol. The Bertz CT molecular complexity index is 560. The summed E-state index contributed by atoms with van der Waals surface area (Å²) in [4.78, 5) is 11.9. The number of nitrogens with one attached hydrogen (secondary N) is 1. The largest absolute Gasteiger partial charge is 0.350 e. The Morgan fingerprint density at radius 3 is 2.78 bits per heavy atom. The van der Waals surface area contributed by atoms with Crippen molar-refractivity contribution in [3.63, 3.8) is 0 Å². The number of amides is 1.